The zero-order chi connectivity index (χ0) is 13.0. The fraction of sp³-hybridized carbons (Fsp3) is 0.182. The quantitative estimate of drug-likeness (QED) is 0.881. The van der Waals surface area contributed by atoms with Gasteiger partial charge >= 0.3 is 0 Å². The van der Waals surface area contributed by atoms with Crippen molar-refractivity contribution in [2.45, 2.75) is 0 Å². The van der Waals surface area contributed by atoms with Crippen molar-refractivity contribution in [2.24, 2.45) is 0 Å². The highest BCUT2D eigenvalue weighted by molar-refractivity contribution is 7.17. The molecule has 0 fully saturated rings. The van der Waals surface area contributed by atoms with E-state index in [0.29, 0.717) is 15.8 Å². The molecule has 0 saturated heterocycles. The molecule has 1 amide bonds. The average Bonchev–Trinajstić information content (AvgIpc) is 2.88. The molecule has 1 heterocycles. The van der Waals surface area contributed by atoms with Crippen LogP contribution in [0.4, 0.5) is 10.8 Å². The Hall–Kier alpha value is -2.15. The van der Waals surface area contributed by atoms with Crippen molar-refractivity contribution in [1.82, 2.24) is 10.2 Å². The molecule has 0 bridgehead atoms. The van der Waals surface area contributed by atoms with Gasteiger partial charge in [-0.2, -0.15) is 0 Å². The van der Waals surface area contributed by atoms with Gasteiger partial charge < -0.3 is 15.4 Å². The van der Waals surface area contributed by atoms with Gasteiger partial charge in [-0.3, -0.25) is 4.79 Å². The maximum atomic E-state index is 11.8. The van der Waals surface area contributed by atoms with E-state index in [4.69, 9.17) is 4.74 Å². The van der Waals surface area contributed by atoms with Gasteiger partial charge in [-0.25, -0.2) is 0 Å². The molecule has 0 atom stereocenters. The van der Waals surface area contributed by atoms with Gasteiger partial charge in [0.2, 0.25) is 10.1 Å². The lowest BCUT2D eigenvalue weighted by Crippen LogP contribution is -2.11. The second kappa shape index (κ2) is 5.46. The number of methoxy groups -OCH3 is 1. The summed E-state index contributed by atoms with van der Waals surface area (Å²) in [5, 5.41) is 14.1. The molecule has 2 aromatic rings. The van der Waals surface area contributed by atoms with Crippen LogP contribution in [0, 0.1) is 0 Å². The minimum absolute atomic E-state index is 0.279. The highest BCUT2D eigenvalue weighted by Gasteiger charge is 2.12. The van der Waals surface area contributed by atoms with Crippen molar-refractivity contribution >= 4 is 28.1 Å². The third-order valence-corrected chi connectivity index (χ3v) is 3.12. The van der Waals surface area contributed by atoms with Crippen LogP contribution in [0.3, 0.4) is 0 Å². The van der Waals surface area contributed by atoms with Gasteiger partial charge in [0.05, 0.1) is 7.11 Å². The number of nitrogens with one attached hydrogen (secondary N) is 2. The number of carbonyl (C=O) groups excluding carboxylic acids is 1. The minimum Gasteiger partial charge on any atom is -0.497 e. The third-order valence-electron chi connectivity index (χ3n) is 2.18. The van der Waals surface area contributed by atoms with Crippen LogP contribution in [-0.4, -0.2) is 30.3 Å². The summed E-state index contributed by atoms with van der Waals surface area (Å²) in [6.45, 7) is 0. The fourth-order valence-corrected chi connectivity index (χ4v) is 1.87. The molecule has 0 aliphatic rings. The zero-order valence-electron chi connectivity index (χ0n) is 9.93. The minimum atomic E-state index is -0.279. The van der Waals surface area contributed by atoms with Crippen molar-refractivity contribution in [2.75, 3.05) is 24.8 Å². The SMILES string of the molecule is CNc1nnc(C(=O)Nc2ccc(OC)cc2)s1. The van der Waals surface area contributed by atoms with E-state index >= 15 is 0 Å². The number of hydrogen-bond acceptors (Lipinski definition) is 6. The van der Waals surface area contributed by atoms with E-state index in [1.807, 2.05) is 0 Å². The maximum Gasteiger partial charge on any atom is 0.286 e. The lowest BCUT2D eigenvalue weighted by Gasteiger charge is -2.03. The van der Waals surface area contributed by atoms with Gasteiger partial charge in [-0.1, -0.05) is 11.3 Å². The average molecular weight is 264 g/mol. The highest BCUT2D eigenvalue weighted by atomic mass is 32.1. The first-order valence-corrected chi connectivity index (χ1v) is 6.01. The Balaban J connectivity index is 2.06. The predicted molar refractivity (Wildman–Crippen MR) is 70.4 cm³/mol. The fourth-order valence-electron chi connectivity index (χ4n) is 1.27. The number of carbonyl (C=O) groups is 1. The normalized spacial score (nSPS) is 9.89. The number of ether oxygens (including phenoxy) is 1. The van der Waals surface area contributed by atoms with Crippen LogP contribution in [0.5, 0.6) is 5.75 Å². The lowest BCUT2D eigenvalue weighted by atomic mass is 10.3. The molecule has 94 valence electrons. The van der Waals surface area contributed by atoms with E-state index in [0.717, 1.165) is 5.75 Å². The highest BCUT2D eigenvalue weighted by Crippen LogP contribution is 2.18. The summed E-state index contributed by atoms with van der Waals surface area (Å²) in [6, 6.07) is 7.07. The number of amides is 1. The van der Waals surface area contributed by atoms with Crippen molar-refractivity contribution in [3.63, 3.8) is 0 Å². The second-order valence-electron chi connectivity index (χ2n) is 3.34. The Morgan fingerprint density at radius 1 is 1.28 bits per heavy atom. The smallest absolute Gasteiger partial charge is 0.286 e. The molecule has 0 aliphatic carbocycles. The van der Waals surface area contributed by atoms with Crippen LogP contribution in [0.2, 0.25) is 0 Å². The van der Waals surface area contributed by atoms with Crippen LogP contribution in [0.1, 0.15) is 9.80 Å². The summed E-state index contributed by atoms with van der Waals surface area (Å²) in [5.74, 6) is 0.459. The monoisotopic (exact) mass is 264 g/mol. The van der Waals surface area contributed by atoms with Crippen LogP contribution < -0.4 is 15.4 Å². The molecule has 0 aliphatic heterocycles. The maximum absolute atomic E-state index is 11.8. The Bertz CT molecular complexity index is 538. The van der Waals surface area contributed by atoms with E-state index in [9.17, 15) is 4.79 Å². The molecule has 0 saturated carbocycles. The van der Waals surface area contributed by atoms with E-state index in [-0.39, 0.29) is 5.91 Å². The van der Waals surface area contributed by atoms with Crippen molar-refractivity contribution in [3.8, 4) is 5.75 Å². The first kappa shape index (κ1) is 12.3. The van der Waals surface area contributed by atoms with Gasteiger partial charge in [0, 0.05) is 12.7 Å². The number of nitrogens with zero attached hydrogens (tertiary/aromatic N) is 2. The van der Waals surface area contributed by atoms with Crippen LogP contribution in [-0.2, 0) is 0 Å². The first-order valence-electron chi connectivity index (χ1n) is 5.19. The molecule has 6 nitrogen and oxygen atoms in total. The Labute approximate surface area is 108 Å². The van der Waals surface area contributed by atoms with Crippen molar-refractivity contribution in [3.05, 3.63) is 29.3 Å². The summed E-state index contributed by atoms with van der Waals surface area (Å²) < 4.78 is 5.04. The number of hydrogen-bond donors (Lipinski definition) is 2. The standard InChI is InChI=1S/C11H12N4O2S/c1-12-11-15-14-10(18-11)9(16)13-7-3-5-8(17-2)6-4-7/h3-6H,1-2H3,(H,12,15)(H,13,16). The number of anilines is 2. The van der Waals surface area contributed by atoms with E-state index in [2.05, 4.69) is 20.8 Å². The van der Waals surface area contributed by atoms with Crippen LogP contribution in [0.15, 0.2) is 24.3 Å². The van der Waals surface area contributed by atoms with Gasteiger partial charge in [0.25, 0.3) is 5.91 Å². The summed E-state index contributed by atoms with van der Waals surface area (Å²) in [5.41, 5.74) is 0.682. The summed E-state index contributed by atoms with van der Waals surface area (Å²) >= 11 is 1.20. The molecule has 2 rings (SSSR count). The molecular weight excluding hydrogens is 252 g/mol. The lowest BCUT2D eigenvalue weighted by molar-refractivity contribution is 0.102. The van der Waals surface area contributed by atoms with Crippen molar-refractivity contribution in [1.29, 1.82) is 0 Å². The van der Waals surface area contributed by atoms with Gasteiger partial charge in [-0.05, 0) is 24.3 Å². The van der Waals surface area contributed by atoms with E-state index in [1.54, 1.807) is 38.4 Å². The summed E-state index contributed by atoms with van der Waals surface area (Å²) in [4.78, 5) is 11.8. The van der Waals surface area contributed by atoms with Gasteiger partial charge in [0.15, 0.2) is 0 Å². The molecule has 18 heavy (non-hydrogen) atoms. The number of rotatable bonds is 4. The molecule has 0 unspecified atom stereocenters. The van der Waals surface area contributed by atoms with Crippen LogP contribution in [0.25, 0.3) is 0 Å². The molecule has 0 radical (unpaired) electrons. The molecule has 0 spiro atoms. The van der Waals surface area contributed by atoms with E-state index < -0.39 is 0 Å². The molecule has 2 N–H and O–H groups in total. The predicted octanol–water partition coefficient (Wildman–Crippen LogP) is 1.84. The van der Waals surface area contributed by atoms with Crippen molar-refractivity contribution < 1.29 is 9.53 Å². The topological polar surface area (TPSA) is 76.1 Å². The van der Waals surface area contributed by atoms with Gasteiger partial charge in [-0.15, -0.1) is 10.2 Å². The Kier molecular flexibility index (Phi) is 3.73. The first-order chi connectivity index (χ1) is 8.72. The zero-order valence-corrected chi connectivity index (χ0v) is 10.7. The Morgan fingerprint density at radius 3 is 2.56 bits per heavy atom. The van der Waals surface area contributed by atoms with E-state index in [1.165, 1.54) is 11.3 Å². The number of benzene rings is 1. The third kappa shape index (κ3) is 2.75. The molecule has 7 heteroatoms. The molecule has 1 aromatic carbocycles. The molecular formula is C11H12N4O2S. The Morgan fingerprint density at radius 2 is 2.00 bits per heavy atom. The summed E-state index contributed by atoms with van der Waals surface area (Å²) in [7, 11) is 3.32. The second-order valence-corrected chi connectivity index (χ2v) is 4.32. The van der Waals surface area contributed by atoms with Crippen LogP contribution >= 0.6 is 11.3 Å². The number of aromatic nitrogens is 2. The summed E-state index contributed by atoms with van der Waals surface area (Å²) in [6.07, 6.45) is 0. The van der Waals surface area contributed by atoms with Gasteiger partial charge in [0.1, 0.15) is 5.75 Å². The molecule has 1 aromatic heterocycles. The largest absolute Gasteiger partial charge is 0.497 e.